The zero-order valence-corrected chi connectivity index (χ0v) is 13.3. The summed E-state index contributed by atoms with van der Waals surface area (Å²) in [5, 5.41) is 18.2. The van der Waals surface area contributed by atoms with Crippen molar-refractivity contribution in [3.8, 4) is 12.1 Å². The summed E-state index contributed by atoms with van der Waals surface area (Å²) in [5.74, 6) is 0.421. The Kier molecular flexibility index (Phi) is 4.32. The summed E-state index contributed by atoms with van der Waals surface area (Å²) in [6.07, 6.45) is 0.410. The maximum Gasteiger partial charge on any atom is 0.240 e. The fourth-order valence-corrected chi connectivity index (χ4v) is 3.77. The molecular weight excluding hydrogens is 288 g/mol. The van der Waals surface area contributed by atoms with E-state index in [0.29, 0.717) is 23.8 Å². The van der Waals surface area contributed by atoms with Crippen LogP contribution in [0.3, 0.4) is 0 Å². The van der Waals surface area contributed by atoms with Crippen molar-refractivity contribution in [2.24, 2.45) is 17.8 Å². The van der Waals surface area contributed by atoms with Crippen molar-refractivity contribution in [3.05, 3.63) is 35.4 Å². The molecule has 0 aliphatic carbocycles. The SMILES string of the molecule is CN1C[C@@H]2CN(C(=O)[C@H](C#N)Cc3ccc(C#N)cc3)C[C@@H]2C1. The number of carbonyl (C=O) groups excluding carboxylic acids is 1. The van der Waals surface area contributed by atoms with Crippen molar-refractivity contribution in [1.29, 1.82) is 10.5 Å². The largest absolute Gasteiger partial charge is 0.341 e. The van der Waals surface area contributed by atoms with Gasteiger partial charge in [-0.15, -0.1) is 0 Å². The van der Waals surface area contributed by atoms with E-state index < -0.39 is 5.92 Å². The van der Waals surface area contributed by atoms with E-state index in [4.69, 9.17) is 5.26 Å². The minimum Gasteiger partial charge on any atom is -0.341 e. The van der Waals surface area contributed by atoms with Gasteiger partial charge >= 0.3 is 0 Å². The first-order chi connectivity index (χ1) is 11.1. The summed E-state index contributed by atoms with van der Waals surface area (Å²) < 4.78 is 0. The second kappa shape index (κ2) is 6.40. The number of nitrogens with zero attached hydrogens (tertiary/aromatic N) is 4. The minimum atomic E-state index is -0.639. The van der Waals surface area contributed by atoms with Gasteiger partial charge in [0.1, 0.15) is 5.92 Å². The van der Waals surface area contributed by atoms with Crippen molar-refractivity contribution in [1.82, 2.24) is 9.80 Å². The molecule has 5 nitrogen and oxygen atoms in total. The van der Waals surface area contributed by atoms with E-state index in [1.165, 1.54) is 0 Å². The lowest BCUT2D eigenvalue weighted by Gasteiger charge is -2.21. The molecule has 0 aromatic heterocycles. The van der Waals surface area contributed by atoms with Gasteiger partial charge in [0, 0.05) is 26.2 Å². The summed E-state index contributed by atoms with van der Waals surface area (Å²) >= 11 is 0. The highest BCUT2D eigenvalue weighted by molar-refractivity contribution is 5.82. The van der Waals surface area contributed by atoms with Gasteiger partial charge in [-0.2, -0.15) is 10.5 Å². The van der Waals surface area contributed by atoms with Crippen molar-refractivity contribution >= 4 is 5.91 Å². The Morgan fingerprint density at radius 2 is 1.78 bits per heavy atom. The molecule has 118 valence electrons. The van der Waals surface area contributed by atoms with Gasteiger partial charge in [0.2, 0.25) is 5.91 Å². The van der Waals surface area contributed by atoms with Crippen molar-refractivity contribution in [3.63, 3.8) is 0 Å². The molecule has 0 saturated carbocycles. The van der Waals surface area contributed by atoms with Gasteiger partial charge in [0.25, 0.3) is 0 Å². The Balaban J connectivity index is 1.63. The number of amides is 1. The molecule has 5 heteroatoms. The van der Waals surface area contributed by atoms with E-state index in [1.807, 2.05) is 17.0 Å². The first kappa shape index (κ1) is 15.5. The quantitative estimate of drug-likeness (QED) is 0.843. The Morgan fingerprint density at radius 1 is 1.17 bits per heavy atom. The van der Waals surface area contributed by atoms with Gasteiger partial charge < -0.3 is 9.80 Å². The predicted octanol–water partition coefficient (Wildman–Crippen LogP) is 1.26. The van der Waals surface area contributed by atoms with Crippen LogP contribution in [0.5, 0.6) is 0 Å². The van der Waals surface area contributed by atoms with Crippen LogP contribution >= 0.6 is 0 Å². The van der Waals surface area contributed by atoms with E-state index in [0.717, 1.165) is 31.7 Å². The van der Waals surface area contributed by atoms with E-state index >= 15 is 0 Å². The molecule has 0 unspecified atom stereocenters. The number of rotatable bonds is 3. The molecule has 2 aliphatic rings. The summed E-state index contributed by atoms with van der Waals surface area (Å²) in [7, 11) is 2.12. The lowest BCUT2D eigenvalue weighted by atomic mass is 9.98. The highest BCUT2D eigenvalue weighted by atomic mass is 16.2. The molecule has 0 N–H and O–H groups in total. The molecular formula is C18H20N4O. The summed E-state index contributed by atoms with van der Waals surface area (Å²) in [4.78, 5) is 16.8. The lowest BCUT2D eigenvalue weighted by Crippen LogP contribution is -2.37. The summed E-state index contributed by atoms with van der Waals surface area (Å²) in [6, 6.07) is 11.3. The van der Waals surface area contributed by atoms with Crippen LogP contribution < -0.4 is 0 Å². The highest BCUT2D eigenvalue weighted by Gasteiger charge is 2.41. The predicted molar refractivity (Wildman–Crippen MR) is 85.0 cm³/mol. The van der Waals surface area contributed by atoms with Crippen LogP contribution in [0.15, 0.2) is 24.3 Å². The van der Waals surface area contributed by atoms with Crippen LogP contribution in [0.2, 0.25) is 0 Å². The third kappa shape index (κ3) is 3.21. The van der Waals surface area contributed by atoms with Crippen molar-refractivity contribution in [2.45, 2.75) is 6.42 Å². The number of carbonyl (C=O) groups is 1. The van der Waals surface area contributed by atoms with Crippen LogP contribution in [0.4, 0.5) is 0 Å². The van der Waals surface area contributed by atoms with Crippen LogP contribution in [-0.4, -0.2) is 48.9 Å². The number of nitriles is 2. The smallest absolute Gasteiger partial charge is 0.240 e. The molecule has 2 heterocycles. The molecule has 2 saturated heterocycles. The molecule has 2 fully saturated rings. The molecule has 3 atom stereocenters. The van der Waals surface area contributed by atoms with Crippen LogP contribution in [0.1, 0.15) is 11.1 Å². The zero-order chi connectivity index (χ0) is 16.4. The number of fused-ring (bicyclic) bond motifs is 1. The van der Waals surface area contributed by atoms with Gasteiger partial charge in [-0.05, 0) is 43.0 Å². The second-order valence-corrected chi connectivity index (χ2v) is 6.68. The highest BCUT2D eigenvalue weighted by Crippen LogP contribution is 2.31. The van der Waals surface area contributed by atoms with Gasteiger partial charge in [0.15, 0.2) is 0 Å². The number of likely N-dealkylation sites (tertiary alicyclic amines) is 2. The Labute approximate surface area is 136 Å². The number of hydrogen-bond donors (Lipinski definition) is 0. The Hall–Kier alpha value is -2.37. The number of benzene rings is 1. The fraction of sp³-hybridized carbons (Fsp3) is 0.500. The maximum absolute atomic E-state index is 12.7. The van der Waals surface area contributed by atoms with Crippen LogP contribution in [0.25, 0.3) is 0 Å². The first-order valence-electron chi connectivity index (χ1n) is 7.96. The Morgan fingerprint density at radius 3 is 2.30 bits per heavy atom. The van der Waals surface area contributed by atoms with Crippen LogP contribution in [-0.2, 0) is 11.2 Å². The molecule has 1 aromatic rings. The normalized spacial score (nSPS) is 24.7. The monoisotopic (exact) mass is 308 g/mol. The van der Waals surface area contributed by atoms with Gasteiger partial charge in [-0.3, -0.25) is 4.79 Å². The topological polar surface area (TPSA) is 71.1 Å². The molecule has 1 amide bonds. The van der Waals surface area contributed by atoms with Gasteiger partial charge in [0.05, 0.1) is 17.7 Å². The van der Waals surface area contributed by atoms with Gasteiger partial charge in [-0.25, -0.2) is 0 Å². The summed E-state index contributed by atoms with van der Waals surface area (Å²) in [6.45, 7) is 3.64. The first-order valence-corrected chi connectivity index (χ1v) is 7.96. The molecule has 0 spiro atoms. The average molecular weight is 308 g/mol. The Bertz CT molecular complexity index is 656. The number of hydrogen-bond acceptors (Lipinski definition) is 4. The van der Waals surface area contributed by atoms with E-state index in [9.17, 15) is 10.1 Å². The molecule has 23 heavy (non-hydrogen) atoms. The van der Waals surface area contributed by atoms with E-state index in [-0.39, 0.29) is 5.91 Å². The van der Waals surface area contributed by atoms with E-state index in [2.05, 4.69) is 24.1 Å². The maximum atomic E-state index is 12.7. The van der Waals surface area contributed by atoms with Crippen LogP contribution in [0, 0.1) is 40.4 Å². The molecule has 0 radical (unpaired) electrons. The third-order valence-electron chi connectivity index (χ3n) is 4.96. The zero-order valence-electron chi connectivity index (χ0n) is 13.3. The molecule has 0 bridgehead atoms. The lowest BCUT2D eigenvalue weighted by molar-refractivity contribution is -0.133. The summed E-state index contributed by atoms with van der Waals surface area (Å²) in [5.41, 5.74) is 1.51. The standard InChI is InChI=1S/C18H20N4O/c1-21-9-16-11-22(12-17(16)10-21)18(23)15(8-20)6-13-2-4-14(7-19)5-3-13/h2-5,15-17H,6,9-12H2,1H3/t15-,16-,17+/m0/s1. The average Bonchev–Trinajstić information content (AvgIpc) is 3.09. The molecule has 1 aromatic carbocycles. The van der Waals surface area contributed by atoms with Gasteiger partial charge in [-0.1, -0.05) is 12.1 Å². The fourth-order valence-electron chi connectivity index (χ4n) is 3.77. The molecule has 2 aliphatic heterocycles. The van der Waals surface area contributed by atoms with Crippen molar-refractivity contribution < 1.29 is 4.79 Å². The third-order valence-corrected chi connectivity index (χ3v) is 4.96. The minimum absolute atomic E-state index is 0.0473. The molecule has 3 rings (SSSR count). The second-order valence-electron chi connectivity index (χ2n) is 6.68. The van der Waals surface area contributed by atoms with Crippen molar-refractivity contribution in [2.75, 3.05) is 33.2 Å². The van der Waals surface area contributed by atoms with E-state index in [1.54, 1.807) is 12.1 Å².